The van der Waals surface area contributed by atoms with Crippen molar-refractivity contribution in [2.45, 2.75) is 63.8 Å². The van der Waals surface area contributed by atoms with E-state index in [0.717, 1.165) is 43.7 Å². The van der Waals surface area contributed by atoms with Crippen LogP contribution in [-0.2, 0) is 9.53 Å². The number of para-hydroxylation sites is 2. The maximum Gasteiger partial charge on any atom is 0.244 e. The van der Waals surface area contributed by atoms with Gasteiger partial charge in [0.25, 0.3) is 0 Å². The molecule has 3 rings (SSSR count). The van der Waals surface area contributed by atoms with Crippen molar-refractivity contribution < 1.29 is 14.3 Å². The number of piperidine rings is 1. The van der Waals surface area contributed by atoms with Crippen LogP contribution < -0.4 is 15.0 Å². The average molecular weight is 332 g/mol. The molecular formula is C19H28N2O3. The summed E-state index contributed by atoms with van der Waals surface area (Å²) in [6, 6.07) is 7.96. The summed E-state index contributed by atoms with van der Waals surface area (Å²) in [6.07, 6.45) is 4.30. The van der Waals surface area contributed by atoms with Crippen molar-refractivity contribution in [3.63, 3.8) is 0 Å². The van der Waals surface area contributed by atoms with Gasteiger partial charge in [0.05, 0.1) is 31.0 Å². The molecule has 3 unspecified atom stereocenters. The molecule has 0 bridgehead atoms. The van der Waals surface area contributed by atoms with Crippen molar-refractivity contribution in [2.24, 2.45) is 0 Å². The first-order chi connectivity index (χ1) is 11.6. The minimum absolute atomic E-state index is 0.119. The lowest BCUT2D eigenvalue weighted by molar-refractivity contribution is -0.122. The zero-order valence-corrected chi connectivity index (χ0v) is 14.8. The van der Waals surface area contributed by atoms with Gasteiger partial charge < -0.3 is 19.7 Å². The van der Waals surface area contributed by atoms with E-state index in [2.05, 4.69) is 19.2 Å². The van der Waals surface area contributed by atoms with Crippen LogP contribution in [0, 0.1) is 0 Å². The number of hydrogen-bond acceptors (Lipinski definition) is 4. The third-order valence-electron chi connectivity index (χ3n) is 4.95. The van der Waals surface area contributed by atoms with Gasteiger partial charge in [0.1, 0.15) is 5.75 Å². The molecule has 0 saturated carbocycles. The summed E-state index contributed by atoms with van der Waals surface area (Å²) >= 11 is 0. The molecular weight excluding hydrogens is 304 g/mol. The van der Waals surface area contributed by atoms with E-state index in [-0.39, 0.29) is 24.2 Å². The van der Waals surface area contributed by atoms with Crippen molar-refractivity contribution in [1.82, 2.24) is 5.32 Å². The van der Waals surface area contributed by atoms with Gasteiger partial charge >= 0.3 is 0 Å². The van der Waals surface area contributed by atoms with Crippen LogP contribution in [0.1, 0.15) is 39.5 Å². The summed E-state index contributed by atoms with van der Waals surface area (Å²) in [5.41, 5.74) is 0.866. The number of ether oxygens (including phenoxy) is 2. The number of amides is 1. The van der Waals surface area contributed by atoms with E-state index in [1.807, 2.05) is 29.2 Å². The lowest BCUT2D eigenvalue weighted by Crippen LogP contribution is -2.55. The Bertz CT molecular complexity index is 567. The second kappa shape index (κ2) is 7.53. The van der Waals surface area contributed by atoms with Crippen molar-refractivity contribution in [3.8, 4) is 5.75 Å². The fourth-order valence-electron chi connectivity index (χ4n) is 3.95. The summed E-state index contributed by atoms with van der Waals surface area (Å²) < 4.78 is 11.2. The lowest BCUT2D eigenvalue weighted by Gasteiger charge is -2.38. The summed E-state index contributed by atoms with van der Waals surface area (Å²) in [5.74, 6) is 0.900. The van der Waals surface area contributed by atoms with E-state index in [9.17, 15) is 4.79 Å². The highest BCUT2D eigenvalue weighted by molar-refractivity contribution is 5.99. The SMILES string of the molecule is COc1ccccc1N1CCCC(NC2CC(C)OC(C)C2)C1=O. The third-order valence-corrected chi connectivity index (χ3v) is 4.95. The van der Waals surface area contributed by atoms with Gasteiger partial charge in [-0.2, -0.15) is 0 Å². The van der Waals surface area contributed by atoms with Crippen LogP contribution in [0.5, 0.6) is 5.75 Å². The first-order valence-electron chi connectivity index (χ1n) is 8.94. The van der Waals surface area contributed by atoms with Crippen LogP contribution in [0.4, 0.5) is 5.69 Å². The van der Waals surface area contributed by atoms with Crippen LogP contribution in [0.2, 0.25) is 0 Å². The van der Waals surface area contributed by atoms with E-state index in [4.69, 9.17) is 9.47 Å². The summed E-state index contributed by atoms with van der Waals surface area (Å²) in [6.45, 7) is 4.96. The summed E-state index contributed by atoms with van der Waals surface area (Å²) in [7, 11) is 1.65. The molecule has 0 aromatic heterocycles. The fraction of sp³-hybridized carbons (Fsp3) is 0.632. The van der Waals surface area contributed by atoms with Crippen molar-refractivity contribution in [3.05, 3.63) is 24.3 Å². The molecule has 0 radical (unpaired) electrons. The summed E-state index contributed by atoms with van der Waals surface area (Å²) in [5, 5.41) is 3.59. The molecule has 24 heavy (non-hydrogen) atoms. The zero-order valence-electron chi connectivity index (χ0n) is 14.8. The van der Waals surface area contributed by atoms with E-state index in [1.54, 1.807) is 7.11 Å². The van der Waals surface area contributed by atoms with Gasteiger partial charge in [0, 0.05) is 12.6 Å². The Morgan fingerprint density at radius 1 is 1.21 bits per heavy atom. The Hall–Kier alpha value is -1.59. The van der Waals surface area contributed by atoms with Gasteiger partial charge in [-0.15, -0.1) is 0 Å². The molecule has 1 aromatic carbocycles. The first kappa shape index (κ1) is 17.2. The van der Waals surface area contributed by atoms with Crippen LogP contribution in [0.3, 0.4) is 0 Å². The topological polar surface area (TPSA) is 50.8 Å². The molecule has 5 heteroatoms. The molecule has 3 atom stereocenters. The highest BCUT2D eigenvalue weighted by Crippen LogP contribution is 2.31. The van der Waals surface area contributed by atoms with Gasteiger partial charge in [0.15, 0.2) is 0 Å². The number of methoxy groups -OCH3 is 1. The molecule has 0 aliphatic carbocycles. The van der Waals surface area contributed by atoms with Gasteiger partial charge in [-0.3, -0.25) is 4.79 Å². The van der Waals surface area contributed by atoms with Crippen LogP contribution in [0.15, 0.2) is 24.3 Å². The smallest absolute Gasteiger partial charge is 0.244 e. The van der Waals surface area contributed by atoms with Gasteiger partial charge in [-0.25, -0.2) is 0 Å². The predicted molar refractivity (Wildman–Crippen MR) is 94.5 cm³/mol. The number of carbonyl (C=O) groups excluding carboxylic acids is 1. The molecule has 2 heterocycles. The standard InChI is InChI=1S/C19H28N2O3/c1-13-11-15(12-14(2)24-13)20-16-7-6-10-21(19(16)22)17-8-4-5-9-18(17)23-3/h4-5,8-9,13-16,20H,6-7,10-12H2,1-3H3. The van der Waals surface area contributed by atoms with E-state index in [1.165, 1.54) is 0 Å². The molecule has 0 spiro atoms. The molecule has 1 aromatic rings. The van der Waals surface area contributed by atoms with E-state index in [0.29, 0.717) is 6.04 Å². The third kappa shape index (κ3) is 3.73. The first-order valence-corrected chi connectivity index (χ1v) is 8.94. The Morgan fingerprint density at radius 2 is 1.92 bits per heavy atom. The minimum atomic E-state index is -0.119. The Kier molecular flexibility index (Phi) is 5.41. The Balaban J connectivity index is 1.71. The molecule has 2 fully saturated rings. The molecule has 1 amide bonds. The van der Waals surface area contributed by atoms with Crippen molar-refractivity contribution in [2.75, 3.05) is 18.6 Å². The molecule has 2 saturated heterocycles. The number of nitrogens with one attached hydrogen (secondary N) is 1. The van der Waals surface area contributed by atoms with E-state index < -0.39 is 0 Å². The predicted octanol–water partition coefficient (Wildman–Crippen LogP) is 2.74. The molecule has 2 aliphatic heterocycles. The highest BCUT2D eigenvalue weighted by atomic mass is 16.5. The average Bonchev–Trinajstić information content (AvgIpc) is 2.56. The van der Waals surface area contributed by atoms with Gasteiger partial charge in [-0.1, -0.05) is 12.1 Å². The maximum atomic E-state index is 13.0. The lowest BCUT2D eigenvalue weighted by atomic mass is 9.96. The number of rotatable bonds is 4. The van der Waals surface area contributed by atoms with Crippen LogP contribution >= 0.6 is 0 Å². The van der Waals surface area contributed by atoms with Crippen molar-refractivity contribution >= 4 is 11.6 Å². The van der Waals surface area contributed by atoms with Gasteiger partial charge in [-0.05, 0) is 51.7 Å². The molecule has 132 valence electrons. The minimum Gasteiger partial charge on any atom is -0.495 e. The van der Waals surface area contributed by atoms with Crippen LogP contribution in [0.25, 0.3) is 0 Å². The Labute approximate surface area is 144 Å². The molecule has 2 aliphatic rings. The number of hydrogen-bond donors (Lipinski definition) is 1. The van der Waals surface area contributed by atoms with Crippen molar-refractivity contribution in [1.29, 1.82) is 0 Å². The second-order valence-electron chi connectivity index (χ2n) is 6.95. The van der Waals surface area contributed by atoms with E-state index >= 15 is 0 Å². The number of carbonyl (C=O) groups is 1. The zero-order chi connectivity index (χ0) is 17.1. The maximum absolute atomic E-state index is 13.0. The second-order valence-corrected chi connectivity index (χ2v) is 6.95. The monoisotopic (exact) mass is 332 g/mol. The highest BCUT2D eigenvalue weighted by Gasteiger charge is 2.34. The fourth-order valence-corrected chi connectivity index (χ4v) is 3.95. The molecule has 5 nitrogen and oxygen atoms in total. The van der Waals surface area contributed by atoms with Gasteiger partial charge in [0.2, 0.25) is 5.91 Å². The number of benzene rings is 1. The van der Waals surface area contributed by atoms with Crippen LogP contribution in [-0.4, -0.2) is 43.9 Å². The summed E-state index contributed by atoms with van der Waals surface area (Å²) in [4.78, 5) is 14.9. The number of anilines is 1. The quantitative estimate of drug-likeness (QED) is 0.921. The Morgan fingerprint density at radius 3 is 2.62 bits per heavy atom. The molecule has 1 N–H and O–H groups in total. The normalized spacial score (nSPS) is 31.1. The largest absolute Gasteiger partial charge is 0.495 e. The number of nitrogens with zero attached hydrogens (tertiary/aromatic N) is 1.